The van der Waals surface area contributed by atoms with Crippen LogP contribution in [0.15, 0.2) is 0 Å². The third kappa shape index (κ3) is 1.78. The molecule has 2 aliphatic heterocycles. The summed E-state index contributed by atoms with van der Waals surface area (Å²) in [5, 5.41) is 3.37. The summed E-state index contributed by atoms with van der Waals surface area (Å²) in [6, 6.07) is 0. The molecule has 80 valence electrons. The average molecular weight is 196 g/mol. The molecule has 0 bridgehead atoms. The summed E-state index contributed by atoms with van der Waals surface area (Å²) in [5.74, 6) is 0.383. The number of piperidine rings is 1. The van der Waals surface area contributed by atoms with E-state index >= 15 is 0 Å². The van der Waals surface area contributed by atoms with Crippen LogP contribution in [0.5, 0.6) is 0 Å². The van der Waals surface area contributed by atoms with Crippen LogP contribution in [0, 0.1) is 5.41 Å². The van der Waals surface area contributed by atoms with Gasteiger partial charge in [-0.3, -0.25) is 4.79 Å². The molecule has 2 saturated heterocycles. The summed E-state index contributed by atoms with van der Waals surface area (Å²) in [4.78, 5) is 13.8. The van der Waals surface area contributed by atoms with Gasteiger partial charge in [0.25, 0.3) is 0 Å². The molecule has 2 heterocycles. The summed E-state index contributed by atoms with van der Waals surface area (Å²) in [6.45, 7) is 6.29. The lowest BCUT2D eigenvalue weighted by Crippen LogP contribution is -2.38. The van der Waals surface area contributed by atoms with Gasteiger partial charge in [-0.15, -0.1) is 0 Å². The van der Waals surface area contributed by atoms with Crippen molar-refractivity contribution in [3.05, 3.63) is 0 Å². The maximum absolute atomic E-state index is 11.7. The van der Waals surface area contributed by atoms with Gasteiger partial charge in [-0.2, -0.15) is 0 Å². The molecule has 3 nitrogen and oxygen atoms in total. The van der Waals surface area contributed by atoms with Crippen molar-refractivity contribution in [3.8, 4) is 0 Å². The van der Waals surface area contributed by atoms with Crippen molar-refractivity contribution in [1.29, 1.82) is 0 Å². The normalized spacial score (nSPS) is 26.1. The number of hydrogen-bond donors (Lipinski definition) is 1. The summed E-state index contributed by atoms with van der Waals surface area (Å²) < 4.78 is 0. The van der Waals surface area contributed by atoms with E-state index in [4.69, 9.17) is 0 Å². The van der Waals surface area contributed by atoms with Gasteiger partial charge >= 0.3 is 0 Å². The van der Waals surface area contributed by atoms with Crippen molar-refractivity contribution >= 4 is 5.91 Å². The van der Waals surface area contributed by atoms with Gasteiger partial charge < -0.3 is 10.2 Å². The Balaban J connectivity index is 1.99. The summed E-state index contributed by atoms with van der Waals surface area (Å²) in [5.41, 5.74) is 0.331. The molecule has 0 saturated carbocycles. The molecule has 0 aromatic rings. The van der Waals surface area contributed by atoms with Gasteiger partial charge in [-0.25, -0.2) is 0 Å². The molecule has 0 aliphatic carbocycles. The van der Waals surface area contributed by atoms with Gasteiger partial charge in [-0.1, -0.05) is 6.92 Å². The third-order valence-corrected chi connectivity index (χ3v) is 3.56. The standard InChI is InChI=1S/C11H20N2O/c1-2-7-13-9-11(8-10(13)14)3-5-12-6-4-11/h12H,2-9H2,1H3. The van der Waals surface area contributed by atoms with E-state index < -0.39 is 0 Å². The summed E-state index contributed by atoms with van der Waals surface area (Å²) >= 11 is 0. The number of likely N-dealkylation sites (tertiary alicyclic amines) is 1. The fourth-order valence-electron chi connectivity index (χ4n) is 2.75. The summed E-state index contributed by atoms with van der Waals surface area (Å²) in [6.07, 6.45) is 4.24. The maximum Gasteiger partial charge on any atom is 0.223 e. The Bertz CT molecular complexity index is 221. The number of carbonyl (C=O) groups excluding carboxylic acids is 1. The van der Waals surface area contributed by atoms with E-state index in [1.807, 2.05) is 0 Å². The first-order chi connectivity index (χ1) is 6.76. The molecular weight excluding hydrogens is 176 g/mol. The first-order valence-corrected chi connectivity index (χ1v) is 5.74. The van der Waals surface area contributed by atoms with Gasteiger partial charge in [-0.05, 0) is 37.8 Å². The van der Waals surface area contributed by atoms with Crippen LogP contribution in [0.1, 0.15) is 32.6 Å². The molecule has 2 aliphatic rings. The predicted molar refractivity (Wildman–Crippen MR) is 56.0 cm³/mol. The van der Waals surface area contributed by atoms with Crippen molar-refractivity contribution in [2.45, 2.75) is 32.6 Å². The van der Waals surface area contributed by atoms with E-state index in [0.29, 0.717) is 11.3 Å². The first-order valence-electron chi connectivity index (χ1n) is 5.74. The summed E-state index contributed by atoms with van der Waals surface area (Å²) in [7, 11) is 0. The molecule has 1 amide bonds. The van der Waals surface area contributed by atoms with Crippen LogP contribution in [0.4, 0.5) is 0 Å². The van der Waals surface area contributed by atoms with Gasteiger partial charge in [0.1, 0.15) is 0 Å². The monoisotopic (exact) mass is 196 g/mol. The molecule has 1 N–H and O–H groups in total. The highest BCUT2D eigenvalue weighted by Gasteiger charge is 2.42. The largest absolute Gasteiger partial charge is 0.342 e. The van der Waals surface area contributed by atoms with Crippen LogP contribution < -0.4 is 5.32 Å². The number of hydrogen-bond acceptors (Lipinski definition) is 2. The minimum atomic E-state index is 0.331. The second-order valence-electron chi connectivity index (χ2n) is 4.74. The molecule has 0 aromatic heterocycles. The average Bonchev–Trinajstić information content (AvgIpc) is 2.45. The molecular formula is C11H20N2O. The van der Waals surface area contributed by atoms with Crippen LogP contribution in [0.25, 0.3) is 0 Å². The lowest BCUT2D eigenvalue weighted by atomic mass is 9.78. The second-order valence-corrected chi connectivity index (χ2v) is 4.74. The Morgan fingerprint density at radius 1 is 1.43 bits per heavy atom. The SMILES string of the molecule is CCCN1CC2(CCNCC2)CC1=O. The van der Waals surface area contributed by atoms with Crippen molar-refractivity contribution in [3.63, 3.8) is 0 Å². The maximum atomic E-state index is 11.7. The van der Waals surface area contributed by atoms with E-state index in [2.05, 4.69) is 17.1 Å². The lowest BCUT2D eigenvalue weighted by Gasteiger charge is -2.33. The zero-order valence-corrected chi connectivity index (χ0v) is 9.01. The van der Waals surface area contributed by atoms with Crippen LogP contribution in [0.2, 0.25) is 0 Å². The number of rotatable bonds is 2. The number of amides is 1. The first kappa shape index (κ1) is 9.97. The molecule has 0 unspecified atom stereocenters. The van der Waals surface area contributed by atoms with Crippen molar-refractivity contribution < 1.29 is 4.79 Å². The molecule has 1 spiro atoms. The van der Waals surface area contributed by atoms with E-state index in [9.17, 15) is 4.79 Å². The molecule has 0 radical (unpaired) electrons. The van der Waals surface area contributed by atoms with Gasteiger partial charge in [0, 0.05) is 19.5 Å². The zero-order chi connectivity index (χ0) is 10.0. The highest BCUT2D eigenvalue weighted by atomic mass is 16.2. The van der Waals surface area contributed by atoms with Gasteiger partial charge in [0.05, 0.1) is 0 Å². The van der Waals surface area contributed by atoms with Crippen LogP contribution in [0.3, 0.4) is 0 Å². The Kier molecular flexibility index (Phi) is 2.77. The van der Waals surface area contributed by atoms with E-state index in [1.54, 1.807) is 0 Å². The van der Waals surface area contributed by atoms with Crippen molar-refractivity contribution in [2.75, 3.05) is 26.2 Å². The number of nitrogens with one attached hydrogen (secondary N) is 1. The topological polar surface area (TPSA) is 32.3 Å². The highest BCUT2D eigenvalue weighted by Crippen LogP contribution is 2.39. The van der Waals surface area contributed by atoms with Crippen molar-refractivity contribution in [2.24, 2.45) is 5.41 Å². The fourth-order valence-corrected chi connectivity index (χ4v) is 2.75. The Morgan fingerprint density at radius 2 is 2.14 bits per heavy atom. The molecule has 0 atom stereocenters. The molecule has 0 aromatic carbocycles. The van der Waals surface area contributed by atoms with E-state index in [0.717, 1.165) is 39.0 Å². The van der Waals surface area contributed by atoms with E-state index in [1.165, 1.54) is 12.8 Å². The highest BCUT2D eigenvalue weighted by molar-refractivity contribution is 5.79. The number of carbonyl (C=O) groups is 1. The smallest absolute Gasteiger partial charge is 0.223 e. The molecule has 2 fully saturated rings. The van der Waals surface area contributed by atoms with Crippen LogP contribution >= 0.6 is 0 Å². The van der Waals surface area contributed by atoms with Crippen molar-refractivity contribution in [1.82, 2.24) is 10.2 Å². The number of nitrogens with zero attached hydrogens (tertiary/aromatic N) is 1. The fraction of sp³-hybridized carbons (Fsp3) is 0.909. The molecule has 2 rings (SSSR count). The Hall–Kier alpha value is -0.570. The quantitative estimate of drug-likeness (QED) is 0.714. The van der Waals surface area contributed by atoms with Crippen LogP contribution in [-0.2, 0) is 4.79 Å². The van der Waals surface area contributed by atoms with Gasteiger partial charge in [0.2, 0.25) is 5.91 Å². The van der Waals surface area contributed by atoms with Crippen LogP contribution in [-0.4, -0.2) is 37.0 Å². The Labute approximate surface area is 85.8 Å². The van der Waals surface area contributed by atoms with E-state index in [-0.39, 0.29) is 0 Å². The minimum Gasteiger partial charge on any atom is -0.342 e. The van der Waals surface area contributed by atoms with Gasteiger partial charge in [0.15, 0.2) is 0 Å². The minimum absolute atomic E-state index is 0.331. The third-order valence-electron chi connectivity index (χ3n) is 3.56. The second kappa shape index (κ2) is 3.89. The Morgan fingerprint density at radius 3 is 2.79 bits per heavy atom. The predicted octanol–water partition coefficient (Wildman–Crippen LogP) is 0.998. The lowest BCUT2D eigenvalue weighted by molar-refractivity contribution is -0.127. The molecule has 14 heavy (non-hydrogen) atoms. The zero-order valence-electron chi connectivity index (χ0n) is 9.01. The molecule has 3 heteroatoms.